The second kappa shape index (κ2) is 8.48. The zero-order valence-corrected chi connectivity index (χ0v) is 13.3. The Labute approximate surface area is 131 Å². The highest BCUT2D eigenvalue weighted by Crippen LogP contribution is 2.32. The molecule has 1 aliphatic heterocycles. The molecule has 6 heteroatoms. The molecular weight excluding hydrogens is 282 g/mol. The molecule has 0 amide bonds. The topological polar surface area (TPSA) is 75.1 Å². The van der Waals surface area contributed by atoms with Gasteiger partial charge in [-0.25, -0.2) is 0 Å². The van der Waals surface area contributed by atoms with Gasteiger partial charge in [0.05, 0.1) is 13.2 Å². The molecule has 2 rings (SSSR count). The fourth-order valence-electron chi connectivity index (χ4n) is 1.99. The Bertz CT molecular complexity index is 505. The molecule has 122 valence electrons. The van der Waals surface area contributed by atoms with E-state index in [2.05, 4.69) is 15.6 Å². The summed E-state index contributed by atoms with van der Waals surface area (Å²) in [5.41, 5.74) is 0.889. The zero-order valence-electron chi connectivity index (χ0n) is 13.3. The molecule has 6 nitrogen and oxygen atoms in total. The molecule has 0 aromatic heterocycles. The summed E-state index contributed by atoms with van der Waals surface area (Å²) in [7, 11) is 0. The highest BCUT2D eigenvalue weighted by molar-refractivity contribution is 5.93. The number of hydrogen-bond acceptors (Lipinski definition) is 4. The molecule has 0 saturated carbocycles. The molecular formula is C16H25N3O3. The molecule has 0 fully saturated rings. The number of nitrogens with zero attached hydrogens (tertiary/aromatic N) is 1. The molecule has 1 aliphatic rings. The Morgan fingerprint density at radius 1 is 1.32 bits per heavy atom. The van der Waals surface area contributed by atoms with E-state index in [-0.39, 0.29) is 12.5 Å². The summed E-state index contributed by atoms with van der Waals surface area (Å²) in [4.78, 5) is 4.47. The SMILES string of the molecule is CCNC(=NCC(C)CO)Nc1ccc2c(c1)OCCCO2. The zero-order chi connectivity index (χ0) is 15.8. The van der Waals surface area contributed by atoms with Gasteiger partial charge in [-0.15, -0.1) is 0 Å². The van der Waals surface area contributed by atoms with Crippen LogP contribution < -0.4 is 20.1 Å². The highest BCUT2D eigenvalue weighted by Gasteiger charge is 2.11. The Balaban J connectivity index is 2.07. The van der Waals surface area contributed by atoms with Crippen LogP contribution in [0.4, 0.5) is 5.69 Å². The van der Waals surface area contributed by atoms with Gasteiger partial charge in [0.2, 0.25) is 0 Å². The number of aliphatic hydroxyl groups excluding tert-OH is 1. The normalized spacial score (nSPS) is 15.9. The minimum absolute atomic E-state index is 0.132. The third kappa shape index (κ3) is 4.80. The predicted octanol–water partition coefficient (Wildman–Crippen LogP) is 1.85. The number of anilines is 1. The van der Waals surface area contributed by atoms with Crippen LogP contribution in [0.25, 0.3) is 0 Å². The average molecular weight is 307 g/mol. The number of benzene rings is 1. The van der Waals surface area contributed by atoms with Crippen LogP contribution in [0.3, 0.4) is 0 Å². The molecule has 3 N–H and O–H groups in total. The largest absolute Gasteiger partial charge is 0.490 e. The molecule has 0 saturated heterocycles. The summed E-state index contributed by atoms with van der Waals surface area (Å²) in [6.07, 6.45) is 0.889. The Morgan fingerprint density at radius 2 is 2.09 bits per heavy atom. The third-order valence-electron chi connectivity index (χ3n) is 3.23. The van der Waals surface area contributed by atoms with E-state index in [0.29, 0.717) is 25.7 Å². The van der Waals surface area contributed by atoms with Gasteiger partial charge in [-0.05, 0) is 25.0 Å². The quantitative estimate of drug-likeness (QED) is 0.572. The monoisotopic (exact) mass is 307 g/mol. The number of ether oxygens (including phenoxy) is 2. The molecule has 1 heterocycles. The predicted molar refractivity (Wildman–Crippen MR) is 87.9 cm³/mol. The molecule has 1 aromatic carbocycles. The van der Waals surface area contributed by atoms with Crippen LogP contribution in [-0.2, 0) is 0 Å². The molecule has 0 aliphatic carbocycles. The lowest BCUT2D eigenvalue weighted by Gasteiger charge is -2.14. The van der Waals surface area contributed by atoms with Crippen LogP contribution in [-0.4, -0.2) is 44.0 Å². The maximum atomic E-state index is 9.09. The van der Waals surface area contributed by atoms with Crippen molar-refractivity contribution in [3.63, 3.8) is 0 Å². The summed E-state index contributed by atoms with van der Waals surface area (Å²) in [5, 5.41) is 15.5. The van der Waals surface area contributed by atoms with Crippen molar-refractivity contribution in [2.45, 2.75) is 20.3 Å². The number of aliphatic hydroxyl groups is 1. The summed E-state index contributed by atoms with van der Waals surface area (Å²) >= 11 is 0. The lowest BCUT2D eigenvalue weighted by atomic mass is 10.2. The number of rotatable bonds is 5. The maximum absolute atomic E-state index is 9.09. The Hall–Kier alpha value is -1.95. The van der Waals surface area contributed by atoms with Crippen molar-refractivity contribution in [1.29, 1.82) is 0 Å². The van der Waals surface area contributed by atoms with E-state index >= 15 is 0 Å². The van der Waals surface area contributed by atoms with Gasteiger partial charge in [0.1, 0.15) is 0 Å². The molecule has 0 bridgehead atoms. The first-order valence-corrected chi connectivity index (χ1v) is 7.78. The standard InChI is InChI=1S/C16H25N3O3/c1-3-17-16(18-10-12(2)11-20)19-13-5-6-14-15(9-13)22-8-4-7-21-14/h5-6,9,12,20H,3-4,7-8,10-11H2,1-2H3,(H2,17,18,19). The van der Waals surface area contributed by atoms with E-state index in [0.717, 1.165) is 30.2 Å². The fourth-order valence-corrected chi connectivity index (χ4v) is 1.99. The fraction of sp³-hybridized carbons (Fsp3) is 0.562. The smallest absolute Gasteiger partial charge is 0.195 e. The first-order chi connectivity index (χ1) is 10.7. The van der Waals surface area contributed by atoms with Crippen LogP contribution in [0, 0.1) is 5.92 Å². The van der Waals surface area contributed by atoms with Gasteiger partial charge in [-0.1, -0.05) is 6.92 Å². The Morgan fingerprint density at radius 3 is 2.82 bits per heavy atom. The number of guanidine groups is 1. The molecule has 1 aromatic rings. The summed E-state index contributed by atoms with van der Waals surface area (Å²) in [6.45, 7) is 6.79. The minimum atomic E-state index is 0.132. The van der Waals surface area contributed by atoms with Crippen molar-refractivity contribution in [3.8, 4) is 11.5 Å². The van der Waals surface area contributed by atoms with Crippen molar-refractivity contribution in [3.05, 3.63) is 18.2 Å². The summed E-state index contributed by atoms with van der Waals surface area (Å²) < 4.78 is 11.3. The van der Waals surface area contributed by atoms with Gasteiger partial charge < -0.3 is 25.2 Å². The summed E-state index contributed by atoms with van der Waals surface area (Å²) in [5.74, 6) is 2.36. The van der Waals surface area contributed by atoms with E-state index in [9.17, 15) is 0 Å². The second-order valence-electron chi connectivity index (χ2n) is 5.34. The van der Waals surface area contributed by atoms with E-state index in [4.69, 9.17) is 14.6 Å². The highest BCUT2D eigenvalue weighted by atomic mass is 16.5. The number of fused-ring (bicyclic) bond motifs is 1. The first kappa shape index (κ1) is 16.4. The van der Waals surface area contributed by atoms with Crippen molar-refractivity contribution in [2.24, 2.45) is 10.9 Å². The maximum Gasteiger partial charge on any atom is 0.195 e. The molecule has 0 radical (unpaired) electrons. The van der Waals surface area contributed by atoms with E-state index in [1.165, 1.54) is 0 Å². The third-order valence-corrected chi connectivity index (χ3v) is 3.23. The van der Waals surface area contributed by atoms with Gasteiger partial charge in [-0.2, -0.15) is 0 Å². The molecule has 0 spiro atoms. The number of nitrogens with one attached hydrogen (secondary N) is 2. The van der Waals surface area contributed by atoms with Crippen LogP contribution in [0.2, 0.25) is 0 Å². The van der Waals surface area contributed by atoms with E-state index in [1.807, 2.05) is 32.0 Å². The van der Waals surface area contributed by atoms with Gasteiger partial charge in [0, 0.05) is 37.9 Å². The molecule has 1 unspecified atom stereocenters. The molecule has 22 heavy (non-hydrogen) atoms. The minimum Gasteiger partial charge on any atom is -0.490 e. The lowest BCUT2D eigenvalue weighted by molar-refractivity contribution is 0.241. The first-order valence-electron chi connectivity index (χ1n) is 7.78. The average Bonchev–Trinajstić information content (AvgIpc) is 2.77. The van der Waals surface area contributed by atoms with Gasteiger partial charge in [-0.3, -0.25) is 4.99 Å². The van der Waals surface area contributed by atoms with Crippen LogP contribution in [0.1, 0.15) is 20.3 Å². The van der Waals surface area contributed by atoms with Gasteiger partial charge >= 0.3 is 0 Å². The van der Waals surface area contributed by atoms with Crippen LogP contribution in [0.5, 0.6) is 11.5 Å². The van der Waals surface area contributed by atoms with Gasteiger partial charge in [0.25, 0.3) is 0 Å². The number of hydrogen-bond donors (Lipinski definition) is 3. The van der Waals surface area contributed by atoms with Crippen molar-refractivity contribution in [2.75, 3.05) is 38.2 Å². The van der Waals surface area contributed by atoms with Crippen LogP contribution in [0.15, 0.2) is 23.2 Å². The lowest BCUT2D eigenvalue weighted by Crippen LogP contribution is -2.31. The van der Waals surface area contributed by atoms with Gasteiger partial charge in [0.15, 0.2) is 17.5 Å². The molecule has 1 atom stereocenters. The van der Waals surface area contributed by atoms with E-state index < -0.39 is 0 Å². The van der Waals surface area contributed by atoms with E-state index in [1.54, 1.807) is 0 Å². The number of aliphatic imine (C=N–C) groups is 1. The summed E-state index contributed by atoms with van der Waals surface area (Å²) in [6, 6.07) is 5.77. The van der Waals surface area contributed by atoms with Crippen molar-refractivity contribution in [1.82, 2.24) is 5.32 Å². The van der Waals surface area contributed by atoms with Crippen molar-refractivity contribution >= 4 is 11.6 Å². The van der Waals surface area contributed by atoms with Crippen LogP contribution >= 0.6 is 0 Å². The Kier molecular flexibility index (Phi) is 6.33. The second-order valence-corrected chi connectivity index (χ2v) is 5.34. The van der Waals surface area contributed by atoms with Crippen molar-refractivity contribution < 1.29 is 14.6 Å².